The fourth-order valence-corrected chi connectivity index (χ4v) is 2.07. The zero-order valence-electron chi connectivity index (χ0n) is 17.3. The van der Waals surface area contributed by atoms with Gasteiger partial charge < -0.3 is 15.2 Å². The molecule has 0 bridgehead atoms. The summed E-state index contributed by atoms with van der Waals surface area (Å²) < 4.78 is 5.29. The molecule has 27 heavy (non-hydrogen) atoms. The molecule has 1 amide bonds. The summed E-state index contributed by atoms with van der Waals surface area (Å²) in [6, 6.07) is 5.04. The van der Waals surface area contributed by atoms with E-state index in [0.29, 0.717) is 6.42 Å². The number of aromatic hydroxyl groups is 1. The van der Waals surface area contributed by atoms with Crippen LogP contribution >= 0.6 is 0 Å². The van der Waals surface area contributed by atoms with Gasteiger partial charge in [0.2, 0.25) is 5.91 Å². The fourth-order valence-electron chi connectivity index (χ4n) is 2.07. The number of ether oxygens (including phenoxy) is 1. The van der Waals surface area contributed by atoms with Gasteiger partial charge in [-0.3, -0.25) is 9.63 Å². The smallest absolute Gasteiger partial charge is 0.328 e. The van der Waals surface area contributed by atoms with Crippen molar-refractivity contribution < 1.29 is 24.3 Å². The average molecular weight is 380 g/mol. The number of carbonyl (C=O) groups excluding carboxylic acids is 2. The summed E-state index contributed by atoms with van der Waals surface area (Å²) in [5.74, 6) is -0.737. The molecule has 0 unspecified atom stereocenters. The number of carbonyl (C=O) groups is 2. The monoisotopic (exact) mass is 380 g/mol. The Labute approximate surface area is 161 Å². The third-order valence-electron chi connectivity index (χ3n) is 3.32. The van der Waals surface area contributed by atoms with Crippen LogP contribution in [0.3, 0.4) is 0 Å². The minimum atomic E-state index is -0.796. The fraction of sp³-hybridized carbons (Fsp3) is 0.600. The first-order chi connectivity index (χ1) is 12.3. The molecule has 0 radical (unpaired) electrons. The Morgan fingerprint density at radius 3 is 2.07 bits per heavy atom. The van der Waals surface area contributed by atoms with Gasteiger partial charge in [0.25, 0.3) is 0 Å². The molecule has 0 saturated heterocycles. The molecular formula is C20H32N2O5. The van der Waals surface area contributed by atoms with E-state index in [-0.39, 0.29) is 11.7 Å². The van der Waals surface area contributed by atoms with E-state index in [1.54, 1.807) is 52.0 Å². The SMILES string of the molecule is C[C@H](NC(=O)[C@H](Cc1ccc(O)cc1)NOC(C)(C)C)C(=O)OC(C)(C)C. The Kier molecular flexibility index (Phi) is 7.80. The number of rotatable bonds is 7. The van der Waals surface area contributed by atoms with E-state index in [0.717, 1.165) is 5.56 Å². The van der Waals surface area contributed by atoms with Crippen LogP contribution in [0, 0.1) is 0 Å². The summed E-state index contributed by atoms with van der Waals surface area (Å²) in [6.45, 7) is 12.5. The zero-order valence-corrected chi connectivity index (χ0v) is 17.3. The normalized spacial score (nSPS) is 14.3. The second-order valence-corrected chi connectivity index (χ2v) is 8.52. The van der Waals surface area contributed by atoms with Crippen molar-refractivity contribution >= 4 is 11.9 Å². The Bertz CT molecular complexity index is 629. The maximum atomic E-state index is 12.7. The first-order valence-corrected chi connectivity index (χ1v) is 9.01. The number of nitrogens with one attached hydrogen (secondary N) is 2. The molecule has 3 N–H and O–H groups in total. The van der Waals surface area contributed by atoms with Crippen molar-refractivity contribution in [3.63, 3.8) is 0 Å². The molecular weight excluding hydrogens is 348 g/mol. The minimum Gasteiger partial charge on any atom is -0.508 e. The van der Waals surface area contributed by atoms with Gasteiger partial charge in [0.15, 0.2) is 0 Å². The third kappa shape index (κ3) is 9.40. The van der Waals surface area contributed by atoms with Gasteiger partial charge in [-0.05, 0) is 72.6 Å². The predicted octanol–water partition coefficient (Wildman–Crippen LogP) is 2.47. The van der Waals surface area contributed by atoms with Gasteiger partial charge in [-0.2, -0.15) is 5.48 Å². The summed E-state index contributed by atoms with van der Waals surface area (Å²) >= 11 is 0. The van der Waals surface area contributed by atoms with Crippen LogP contribution in [0.5, 0.6) is 5.75 Å². The molecule has 0 heterocycles. The number of amides is 1. The topological polar surface area (TPSA) is 96.9 Å². The van der Waals surface area contributed by atoms with Crippen molar-refractivity contribution in [2.24, 2.45) is 0 Å². The third-order valence-corrected chi connectivity index (χ3v) is 3.32. The van der Waals surface area contributed by atoms with E-state index in [9.17, 15) is 14.7 Å². The van der Waals surface area contributed by atoms with Crippen molar-refractivity contribution in [2.75, 3.05) is 0 Å². The Morgan fingerprint density at radius 1 is 1.04 bits per heavy atom. The van der Waals surface area contributed by atoms with E-state index < -0.39 is 29.3 Å². The number of esters is 1. The number of hydroxylamine groups is 1. The van der Waals surface area contributed by atoms with Gasteiger partial charge in [-0.15, -0.1) is 0 Å². The molecule has 7 heteroatoms. The molecule has 1 rings (SSSR count). The summed E-state index contributed by atoms with van der Waals surface area (Å²) in [5.41, 5.74) is 2.50. The average Bonchev–Trinajstić information content (AvgIpc) is 2.50. The van der Waals surface area contributed by atoms with Gasteiger partial charge >= 0.3 is 5.97 Å². The lowest BCUT2D eigenvalue weighted by Crippen LogP contribution is -2.52. The quantitative estimate of drug-likeness (QED) is 0.497. The maximum absolute atomic E-state index is 12.7. The first kappa shape index (κ1) is 22.9. The van der Waals surface area contributed by atoms with Crippen molar-refractivity contribution in [3.8, 4) is 5.75 Å². The van der Waals surface area contributed by atoms with Crippen LogP contribution in [-0.4, -0.2) is 40.3 Å². The first-order valence-electron chi connectivity index (χ1n) is 9.01. The van der Waals surface area contributed by atoms with Gasteiger partial charge in [0.05, 0.1) is 5.60 Å². The van der Waals surface area contributed by atoms with Crippen molar-refractivity contribution in [2.45, 2.75) is 78.2 Å². The lowest BCUT2D eigenvalue weighted by Gasteiger charge is -2.27. The molecule has 0 aliphatic rings. The lowest BCUT2D eigenvalue weighted by molar-refractivity contribution is -0.159. The molecule has 0 spiro atoms. The van der Waals surface area contributed by atoms with Crippen molar-refractivity contribution in [1.82, 2.24) is 10.8 Å². The van der Waals surface area contributed by atoms with E-state index >= 15 is 0 Å². The van der Waals surface area contributed by atoms with Crippen LogP contribution in [0.2, 0.25) is 0 Å². The van der Waals surface area contributed by atoms with Crippen LogP contribution in [0.15, 0.2) is 24.3 Å². The second-order valence-electron chi connectivity index (χ2n) is 8.52. The van der Waals surface area contributed by atoms with Crippen molar-refractivity contribution in [1.29, 1.82) is 0 Å². The Morgan fingerprint density at radius 2 is 1.59 bits per heavy atom. The molecule has 0 aliphatic heterocycles. The minimum absolute atomic E-state index is 0.150. The molecule has 1 aromatic carbocycles. The summed E-state index contributed by atoms with van der Waals surface area (Å²) in [4.78, 5) is 30.4. The van der Waals surface area contributed by atoms with E-state index in [4.69, 9.17) is 9.57 Å². The maximum Gasteiger partial charge on any atom is 0.328 e. The lowest BCUT2D eigenvalue weighted by atomic mass is 10.1. The van der Waals surface area contributed by atoms with Gasteiger partial charge in [0, 0.05) is 0 Å². The molecule has 0 saturated carbocycles. The van der Waals surface area contributed by atoms with Gasteiger partial charge in [-0.1, -0.05) is 12.1 Å². The van der Waals surface area contributed by atoms with Crippen LogP contribution in [0.1, 0.15) is 54.0 Å². The number of phenols is 1. The van der Waals surface area contributed by atoms with Crippen LogP contribution in [-0.2, 0) is 25.6 Å². The van der Waals surface area contributed by atoms with Crippen LogP contribution < -0.4 is 10.8 Å². The number of hydrogen-bond donors (Lipinski definition) is 3. The van der Waals surface area contributed by atoms with Crippen molar-refractivity contribution in [3.05, 3.63) is 29.8 Å². The number of hydrogen-bond acceptors (Lipinski definition) is 6. The molecule has 0 aromatic heterocycles. The number of phenolic OH excluding ortho intramolecular Hbond substituents is 1. The molecule has 0 fully saturated rings. The Hall–Kier alpha value is -2.12. The summed E-state index contributed by atoms with van der Waals surface area (Å²) in [7, 11) is 0. The van der Waals surface area contributed by atoms with Crippen LogP contribution in [0.4, 0.5) is 0 Å². The van der Waals surface area contributed by atoms with E-state index in [1.165, 1.54) is 0 Å². The summed E-state index contributed by atoms with van der Waals surface area (Å²) in [6.07, 6.45) is 0.323. The van der Waals surface area contributed by atoms with E-state index in [2.05, 4.69) is 10.8 Å². The molecule has 1 aromatic rings. The highest BCUT2D eigenvalue weighted by molar-refractivity contribution is 5.87. The Balaban J connectivity index is 2.82. The summed E-state index contributed by atoms with van der Waals surface area (Å²) in [5, 5.41) is 12.1. The largest absolute Gasteiger partial charge is 0.508 e. The number of benzene rings is 1. The second kappa shape index (κ2) is 9.19. The highest BCUT2D eigenvalue weighted by Crippen LogP contribution is 2.13. The van der Waals surface area contributed by atoms with Gasteiger partial charge in [-0.25, -0.2) is 4.79 Å². The molecule has 152 valence electrons. The highest BCUT2D eigenvalue weighted by atomic mass is 16.7. The zero-order chi connectivity index (χ0) is 20.8. The standard InChI is InChI=1S/C20H32N2O5/c1-13(18(25)26-19(2,3)4)21-17(24)16(22-27-20(5,6)7)12-14-8-10-15(23)11-9-14/h8-11,13,16,22-23H,12H2,1-7H3,(H,21,24)/t13-,16-/m0/s1. The van der Waals surface area contributed by atoms with Crippen LogP contribution in [0.25, 0.3) is 0 Å². The van der Waals surface area contributed by atoms with E-state index in [1.807, 2.05) is 20.8 Å². The molecule has 2 atom stereocenters. The predicted molar refractivity (Wildman–Crippen MR) is 103 cm³/mol. The van der Waals surface area contributed by atoms with Gasteiger partial charge in [0.1, 0.15) is 23.4 Å². The highest BCUT2D eigenvalue weighted by Gasteiger charge is 2.27. The molecule has 7 nitrogen and oxygen atoms in total. The molecule has 0 aliphatic carbocycles.